The normalized spacial score (nSPS) is 11.4. The zero-order valence-electron chi connectivity index (χ0n) is 13.9. The molecule has 2 aromatic carbocycles. The maximum atomic E-state index is 6.25. The van der Waals surface area contributed by atoms with Crippen molar-refractivity contribution in [3.8, 4) is 11.6 Å². The first-order chi connectivity index (χ1) is 12.0. The molecule has 0 radical (unpaired) electrons. The fourth-order valence-electron chi connectivity index (χ4n) is 2.90. The standard InChI is InChI=1S/C20H16Cl2N2O/c1-12-3-6-14(7-4-12)11-24-18-10-16(22)15(21)9-17(18)23-20(24)19-8-5-13(2)25-19/h3-10H,11H2,1-2H3. The number of halogens is 2. The van der Waals surface area contributed by atoms with Crippen LogP contribution in [0.1, 0.15) is 16.9 Å². The second-order valence-electron chi connectivity index (χ2n) is 6.17. The lowest BCUT2D eigenvalue weighted by Crippen LogP contribution is -2.02. The Bertz CT molecular complexity index is 1060. The van der Waals surface area contributed by atoms with Gasteiger partial charge >= 0.3 is 0 Å². The Labute approximate surface area is 155 Å². The van der Waals surface area contributed by atoms with E-state index in [1.54, 1.807) is 6.07 Å². The molecule has 2 aromatic heterocycles. The number of imidazole rings is 1. The average molecular weight is 371 g/mol. The number of hydrogen-bond acceptors (Lipinski definition) is 2. The van der Waals surface area contributed by atoms with E-state index >= 15 is 0 Å². The molecule has 5 heteroatoms. The van der Waals surface area contributed by atoms with Crippen molar-refractivity contribution in [1.82, 2.24) is 9.55 Å². The lowest BCUT2D eigenvalue weighted by molar-refractivity contribution is 0.540. The van der Waals surface area contributed by atoms with Crippen LogP contribution in [0.3, 0.4) is 0 Å². The molecule has 0 aliphatic heterocycles. The van der Waals surface area contributed by atoms with E-state index in [9.17, 15) is 0 Å². The van der Waals surface area contributed by atoms with Gasteiger partial charge in [-0.3, -0.25) is 0 Å². The molecule has 3 nitrogen and oxygen atoms in total. The monoisotopic (exact) mass is 370 g/mol. The number of nitrogens with zero attached hydrogens (tertiary/aromatic N) is 2. The second kappa shape index (κ2) is 6.25. The summed E-state index contributed by atoms with van der Waals surface area (Å²) in [4.78, 5) is 4.74. The SMILES string of the molecule is Cc1ccc(Cn2c(-c3ccc(C)o3)nc3cc(Cl)c(Cl)cc32)cc1. The third-order valence-corrected chi connectivity index (χ3v) is 4.93. The summed E-state index contributed by atoms with van der Waals surface area (Å²) in [5.74, 6) is 2.34. The van der Waals surface area contributed by atoms with Gasteiger partial charge in [-0.25, -0.2) is 4.98 Å². The minimum absolute atomic E-state index is 0.497. The Balaban J connectivity index is 1.91. The summed E-state index contributed by atoms with van der Waals surface area (Å²) in [7, 11) is 0. The maximum Gasteiger partial charge on any atom is 0.177 e. The second-order valence-corrected chi connectivity index (χ2v) is 6.99. The molecule has 0 fully saturated rings. The molecule has 0 amide bonds. The summed E-state index contributed by atoms with van der Waals surface area (Å²) < 4.78 is 7.92. The molecule has 0 saturated carbocycles. The highest BCUT2D eigenvalue weighted by Crippen LogP contribution is 2.32. The van der Waals surface area contributed by atoms with E-state index in [4.69, 9.17) is 32.6 Å². The van der Waals surface area contributed by atoms with Crippen molar-refractivity contribution < 1.29 is 4.42 Å². The van der Waals surface area contributed by atoms with E-state index < -0.39 is 0 Å². The molecular weight excluding hydrogens is 355 g/mol. The lowest BCUT2D eigenvalue weighted by atomic mass is 10.1. The minimum Gasteiger partial charge on any atom is -0.458 e. The van der Waals surface area contributed by atoms with Crippen LogP contribution in [0.5, 0.6) is 0 Å². The molecule has 0 spiro atoms. The van der Waals surface area contributed by atoms with E-state index in [0.717, 1.165) is 28.4 Å². The molecule has 0 unspecified atom stereocenters. The van der Waals surface area contributed by atoms with Crippen LogP contribution in [0, 0.1) is 13.8 Å². The van der Waals surface area contributed by atoms with Gasteiger partial charge < -0.3 is 8.98 Å². The van der Waals surface area contributed by atoms with Gasteiger partial charge in [-0.2, -0.15) is 0 Å². The largest absolute Gasteiger partial charge is 0.458 e. The van der Waals surface area contributed by atoms with Gasteiger partial charge in [-0.15, -0.1) is 0 Å². The van der Waals surface area contributed by atoms with Crippen LogP contribution in [0.15, 0.2) is 52.9 Å². The Morgan fingerprint density at radius 1 is 0.960 bits per heavy atom. The maximum absolute atomic E-state index is 6.25. The number of rotatable bonds is 3. The van der Waals surface area contributed by atoms with Crippen LogP contribution in [0.25, 0.3) is 22.6 Å². The Hall–Kier alpha value is -2.23. The van der Waals surface area contributed by atoms with Crippen LogP contribution < -0.4 is 0 Å². The summed E-state index contributed by atoms with van der Waals surface area (Å²) in [6, 6.07) is 16.0. The zero-order valence-corrected chi connectivity index (χ0v) is 15.4. The molecule has 0 aliphatic carbocycles. The fourth-order valence-corrected chi connectivity index (χ4v) is 3.21. The summed E-state index contributed by atoms with van der Waals surface area (Å²) >= 11 is 12.4. The predicted molar refractivity (Wildman–Crippen MR) is 102 cm³/mol. The van der Waals surface area contributed by atoms with Gasteiger partial charge in [0, 0.05) is 6.54 Å². The number of aromatic nitrogens is 2. The minimum atomic E-state index is 0.497. The first-order valence-electron chi connectivity index (χ1n) is 7.99. The highest BCUT2D eigenvalue weighted by molar-refractivity contribution is 6.42. The highest BCUT2D eigenvalue weighted by atomic mass is 35.5. The zero-order chi connectivity index (χ0) is 17.6. The molecule has 0 N–H and O–H groups in total. The molecule has 0 aliphatic rings. The van der Waals surface area contributed by atoms with Crippen molar-refractivity contribution in [2.45, 2.75) is 20.4 Å². The summed E-state index contributed by atoms with van der Waals surface area (Å²) in [6.45, 7) is 4.67. The van der Waals surface area contributed by atoms with Crippen molar-refractivity contribution in [2.75, 3.05) is 0 Å². The summed E-state index contributed by atoms with van der Waals surface area (Å²) in [6.07, 6.45) is 0. The van der Waals surface area contributed by atoms with Crippen LogP contribution in [0.2, 0.25) is 10.0 Å². The predicted octanol–water partition coefficient (Wildman–Crippen LogP) is 6.27. The average Bonchev–Trinajstić information content (AvgIpc) is 3.15. The lowest BCUT2D eigenvalue weighted by Gasteiger charge is -2.09. The van der Waals surface area contributed by atoms with Gasteiger partial charge in [-0.1, -0.05) is 53.0 Å². The summed E-state index contributed by atoms with van der Waals surface area (Å²) in [5, 5.41) is 1.01. The molecule has 4 aromatic rings. The molecule has 25 heavy (non-hydrogen) atoms. The Kier molecular flexibility index (Phi) is 4.06. The van der Waals surface area contributed by atoms with Gasteiger partial charge in [0.2, 0.25) is 0 Å². The van der Waals surface area contributed by atoms with Crippen LogP contribution in [0.4, 0.5) is 0 Å². The fraction of sp³-hybridized carbons (Fsp3) is 0.150. The summed E-state index contributed by atoms with van der Waals surface area (Å²) in [5.41, 5.74) is 4.14. The van der Waals surface area contributed by atoms with Gasteiger partial charge in [-0.05, 0) is 43.7 Å². The third-order valence-electron chi connectivity index (χ3n) is 4.21. The molecule has 0 bridgehead atoms. The molecule has 2 heterocycles. The quantitative estimate of drug-likeness (QED) is 0.425. The van der Waals surface area contributed by atoms with E-state index in [2.05, 4.69) is 35.8 Å². The van der Waals surface area contributed by atoms with Crippen LogP contribution in [-0.2, 0) is 6.54 Å². The van der Waals surface area contributed by atoms with Crippen LogP contribution in [-0.4, -0.2) is 9.55 Å². The van der Waals surface area contributed by atoms with Gasteiger partial charge in [0.05, 0.1) is 21.1 Å². The third kappa shape index (κ3) is 3.06. The number of furan rings is 1. The van der Waals surface area contributed by atoms with E-state index in [1.165, 1.54) is 11.1 Å². The van der Waals surface area contributed by atoms with Gasteiger partial charge in [0.15, 0.2) is 11.6 Å². The van der Waals surface area contributed by atoms with Gasteiger partial charge in [0.25, 0.3) is 0 Å². The Morgan fingerprint density at radius 2 is 1.68 bits per heavy atom. The van der Waals surface area contributed by atoms with E-state index in [0.29, 0.717) is 16.6 Å². The van der Waals surface area contributed by atoms with Gasteiger partial charge in [0.1, 0.15) is 5.76 Å². The van der Waals surface area contributed by atoms with Crippen molar-refractivity contribution in [3.05, 3.63) is 75.5 Å². The van der Waals surface area contributed by atoms with Crippen molar-refractivity contribution >= 4 is 34.2 Å². The highest BCUT2D eigenvalue weighted by Gasteiger charge is 2.17. The Morgan fingerprint density at radius 3 is 2.36 bits per heavy atom. The number of benzene rings is 2. The number of aryl methyl sites for hydroxylation is 2. The topological polar surface area (TPSA) is 31.0 Å². The molecule has 0 atom stereocenters. The first-order valence-corrected chi connectivity index (χ1v) is 8.74. The number of fused-ring (bicyclic) bond motifs is 1. The first kappa shape index (κ1) is 16.2. The smallest absolute Gasteiger partial charge is 0.177 e. The molecule has 0 saturated heterocycles. The number of hydrogen-bond donors (Lipinski definition) is 0. The van der Waals surface area contributed by atoms with E-state index in [-0.39, 0.29) is 0 Å². The van der Waals surface area contributed by atoms with E-state index in [1.807, 2.05) is 25.1 Å². The van der Waals surface area contributed by atoms with Crippen molar-refractivity contribution in [1.29, 1.82) is 0 Å². The van der Waals surface area contributed by atoms with Crippen LogP contribution >= 0.6 is 23.2 Å². The van der Waals surface area contributed by atoms with Crippen molar-refractivity contribution in [3.63, 3.8) is 0 Å². The molecule has 126 valence electrons. The molecule has 4 rings (SSSR count). The molecular formula is C20H16Cl2N2O. The van der Waals surface area contributed by atoms with Crippen molar-refractivity contribution in [2.24, 2.45) is 0 Å².